The van der Waals surface area contributed by atoms with E-state index in [1.54, 1.807) is 12.1 Å². The first kappa shape index (κ1) is 15.2. The van der Waals surface area contributed by atoms with E-state index in [4.69, 9.17) is 0 Å². The fourth-order valence-corrected chi connectivity index (χ4v) is 2.11. The first-order valence-electron chi connectivity index (χ1n) is 6.20. The van der Waals surface area contributed by atoms with Crippen molar-refractivity contribution < 1.29 is 9.18 Å². The summed E-state index contributed by atoms with van der Waals surface area (Å²) in [6, 6.07) is 6.97. The molecule has 0 radical (unpaired) electrons. The molecule has 0 spiro atoms. The molecular formula is C14H14FN3O2S. The molecule has 0 aliphatic carbocycles. The van der Waals surface area contributed by atoms with Gasteiger partial charge in [-0.3, -0.25) is 9.59 Å². The second-order valence-corrected chi connectivity index (χ2v) is 5.19. The van der Waals surface area contributed by atoms with Crippen LogP contribution in [0.3, 0.4) is 0 Å². The van der Waals surface area contributed by atoms with Crippen molar-refractivity contribution in [2.75, 3.05) is 6.26 Å². The summed E-state index contributed by atoms with van der Waals surface area (Å²) in [6.07, 6.45) is 1.88. The molecule has 7 heteroatoms. The summed E-state index contributed by atoms with van der Waals surface area (Å²) in [4.78, 5) is 30.1. The maximum atomic E-state index is 12.8. The van der Waals surface area contributed by atoms with Crippen molar-refractivity contribution in [2.24, 2.45) is 0 Å². The topological polar surface area (TPSA) is 74.8 Å². The van der Waals surface area contributed by atoms with Crippen molar-refractivity contribution in [1.82, 2.24) is 15.3 Å². The van der Waals surface area contributed by atoms with Crippen LogP contribution in [-0.2, 0) is 12.3 Å². The van der Waals surface area contributed by atoms with E-state index in [-0.39, 0.29) is 23.6 Å². The number of aromatic amines is 1. The van der Waals surface area contributed by atoms with Crippen LogP contribution in [-0.4, -0.2) is 22.1 Å². The summed E-state index contributed by atoms with van der Waals surface area (Å²) >= 11 is 1.50. The minimum absolute atomic E-state index is 0.0740. The van der Waals surface area contributed by atoms with Gasteiger partial charge in [0, 0.05) is 12.6 Å². The van der Waals surface area contributed by atoms with E-state index in [2.05, 4.69) is 15.3 Å². The summed E-state index contributed by atoms with van der Waals surface area (Å²) in [5.74, 6) is 0.215. The Hall–Kier alpha value is -2.15. The third kappa shape index (κ3) is 4.42. The number of carbonyl (C=O) groups excluding carboxylic acids is 1. The molecule has 0 fully saturated rings. The zero-order valence-electron chi connectivity index (χ0n) is 11.4. The van der Waals surface area contributed by atoms with E-state index < -0.39 is 5.91 Å². The van der Waals surface area contributed by atoms with Gasteiger partial charge in [0.1, 0.15) is 17.3 Å². The largest absolute Gasteiger partial charge is 0.347 e. The molecule has 0 saturated heterocycles. The molecular weight excluding hydrogens is 293 g/mol. The highest BCUT2D eigenvalue weighted by Crippen LogP contribution is 2.04. The van der Waals surface area contributed by atoms with Crippen molar-refractivity contribution >= 4 is 17.7 Å². The molecule has 2 N–H and O–H groups in total. The lowest BCUT2D eigenvalue weighted by atomic mass is 10.2. The van der Waals surface area contributed by atoms with Crippen molar-refractivity contribution in [2.45, 2.75) is 12.3 Å². The number of aromatic nitrogens is 2. The fraction of sp³-hybridized carbons (Fsp3) is 0.214. The van der Waals surface area contributed by atoms with E-state index in [1.807, 2.05) is 6.26 Å². The van der Waals surface area contributed by atoms with Crippen LogP contribution in [0.5, 0.6) is 0 Å². The predicted molar refractivity (Wildman–Crippen MR) is 79.6 cm³/mol. The Morgan fingerprint density at radius 2 is 2.10 bits per heavy atom. The number of benzene rings is 1. The number of thioether (sulfide) groups is 1. The molecule has 1 aromatic heterocycles. The maximum Gasteiger partial charge on any atom is 0.270 e. The minimum atomic E-state index is -0.437. The van der Waals surface area contributed by atoms with Crippen LogP contribution >= 0.6 is 11.8 Å². The molecule has 1 amide bonds. The van der Waals surface area contributed by atoms with E-state index >= 15 is 0 Å². The van der Waals surface area contributed by atoms with Gasteiger partial charge in [-0.2, -0.15) is 11.8 Å². The normalized spacial score (nSPS) is 10.4. The van der Waals surface area contributed by atoms with E-state index in [0.29, 0.717) is 11.6 Å². The number of amides is 1. The summed E-state index contributed by atoms with van der Waals surface area (Å²) in [6.45, 7) is 0.242. The number of hydrogen-bond donors (Lipinski definition) is 2. The number of rotatable bonds is 5. The van der Waals surface area contributed by atoms with Crippen LogP contribution in [0.4, 0.5) is 4.39 Å². The number of nitrogens with zero attached hydrogens (tertiary/aromatic N) is 1. The van der Waals surface area contributed by atoms with Gasteiger partial charge in [0.15, 0.2) is 0 Å². The molecule has 110 valence electrons. The van der Waals surface area contributed by atoms with Crippen LogP contribution in [0.1, 0.15) is 21.9 Å². The van der Waals surface area contributed by atoms with Crippen molar-refractivity contribution in [3.8, 4) is 0 Å². The summed E-state index contributed by atoms with van der Waals surface area (Å²) < 4.78 is 12.8. The first-order chi connectivity index (χ1) is 10.1. The van der Waals surface area contributed by atoms with Crippen molar-refractivity contribution in [1.29, 1.82) is 0 Å². The third-order valence-corrected chi connectivity index (χ3v) is 3.23. The second-order valence-electron chi connectivity index (χ2n) is 4.32. The van der Waals surface area contributed by atoms with Crippen LogP contribution in [0.15, 0.2) is 35.1 Å². The SMILES string of the molecule is CSCc1nc(C(=O)NCc2ccc(F)cc2)cc(=O)[nH]1. The smallest absolute Gasteiger partial charge is 0.270 e. The average Bonchev–Trinajstić information content (AvgIpc) is 2.46. The maximum absolute atomic E-state index is 12.8. The molecule has 0 saturated carbocycles. The average molecular weight is 307 g/mol. The predicted octanol–water partition coefficient (Wildman–Crippen LogP) is 1.70. The lowest BCUT2D eigenvalue weighted by molar-refractivity contribution is 0.0945. The third-order valence-electron chi connectivity index (χ3n) is 2.67. The van der Waals surface area contributed by atoms with E-state index in [1.165, 1.54) is 23.9 Å². The van der Waals surface area contributed by atoms with Gasteiger partial charge in [0.2, 0.25) is 0 Å². The van der Waals surface area contributed by atoms with Crippen LogP contribution in [0.25, 0.3) is 0 Å². The van der Waals surface area contributed by atoms with Crippen LogP contribution in [0.2, 0.25) is 0 Å². The lowest BCUT2D eigenvalue weighted by Gasteiger charge is -2.06. The highest BCUT2D eigenvalue weighted by Gasteiger charge is 2.10. The van der Waals surface area contributed by atoms with Gasteiger partial charge in [-0.05, 0) is 24.0 Å². The zero-order valence-corrected chi connectivity index (χ0v) is 12.2. The number of carbonyl (C=O) groups is 1. The number of hydrogen-bond acceptors (Lipinski definition) is 4. The zero-order chi connectivity index (χ0) is 15.2. The highest BCUT2D eigenvalue weighted by molar-refractivity contribution is 7.97. The summed E-state index contributed by atoms with van der Waals surface area (Å²) in [5, 5.41) is 2.65. The molecule has 0 aliphatic heterocycles. The Kier molecular flexibility index (Phi) is 5.10. The quantitative estimate of drug-likeness (QED) is 0.881. The van der Waals surface area contributed by atoms with Gasteiger partial charge in [-0.1, -0.05) is 12.1 Å². The van der Waals surface area contributed by atoms with Gasteiger partial charge in [0.05, 0.1) is 5.75 Å². The molecule has 0 bridgehead atoms. The minimum Gasteiger partial charge on any atom is -0.347 e. The highest BCUT2D eigenvalue weighted by atomic mass is 32.2. The van der Waals surface area contributed by atoms with Crippen LogP contribution < -0.4 is 10.9 Å². The molecule has 0 unspecified atom stereocenters. The molecule has 2 rings (SSSR count). The Morgan fingerprint density at radius 3 is 2.76 bits per heavy atom. The Labute approximate surface area is 125 Å². The molecule has 1 aromatic carbocycles. The van der Waals surface area contributed by atoms with Gasteiger partial charge >= 0.3 is 0 Å². The van der Waals surface area contributed by atoms with E-state index in [0.717, 1.165) is 11.6 Å². The summed E-state index contributed by atoms with van der Waals surface area (Å²) in [7, 11) is 0. The molecule has 2 aromatic rings. The number of halogens is 1. The van der Waals surface area contributed by atoms with Crippen molar-refractivity contribution in [3.63, 3.8) is 0 Å². The van der Waals surface area contributed by atoms with Gasteiger partial charge in [0.25, 0.3) is 11.5 Å². The van der Waals surface area contributed by atoms with Gasteiger partial charge in [-0.25, -0.2) is 9.37 Å². The number of H-pyrrole nitrogens is 1. The standard InChI is InChI=1S/C14H14FN3O2S/c1-21-8-12-17-11(6-13(19)18-12)14(20)16-7-9-2-4-10(15)5-3-9/h2-6H,7-8H2,1H3,(H,16,20)(H,17,18,19). The first-order valence-corrected chi connectivity index (χ1v) is 7.59. The lowest BCUT2D eigenvalue weighted by Crippen LogP contribution is -2.26. The molecule has 21 heavy (non-hydrogen) atoms. The van der Waals surface area contributed by atoms with Crippen LogP contribution in [0, 0.1) is 5.82 Å². The Morgan fingerprint density at radius 1 is 1.38 bits per heavy atom. The van der Waals surface area contributed by atoms with E-state index in [9.17, 15) is 14.0 Å². The number of nitrogens with one attached hydrogen (secondary N) is 2. The fourth-order valence-electron chi connectivity index (χ4n) is 1.70. The Bertz CT molecular complexity index is 685. The summed E-state index contributed by atoms with van der Waals surface area (Å²) in [5.41, 5.74) is 0.477. The molecule has 1 heterocycles. The molecule has 0 atom stereocenters. The Balaban J connectivity index is 2.06. The van der Waals surface area contributed by atoms with Crippen molar-refractivity contribution in [3.05, 3.63) is 63.6 Å². The molecule has 0 aliphatic rings. The monoisotopic (exact) mass is 307 g/mol. The van der Waals surface area contributed by atoms with Gasteiger partial charge < -0.3 is 10.3 Å². The van der Waals surface area contributed by atoms with Gasteiger partial charge in [-0.15, -0.1) is 0 Å². The molecule has 5 nitrogen and oxygen atoms in total. The second kappa shape index (κ2) is 7.03.